The highest BCUT2D eigenvalue weighted by atomic mass is 35.5. The quantitative estimate of drug-likeness (QED) is 0.616. The van der Waals surface area contributed by atoms with Crippen molar-refractivity contribution in [3.05, 3.63) is 52.5 Å². The topological polar surface area (TPSA) is 52.8 Å². The largest absolute Gasteiger partial charge is 0.506 e. The molecule has 0 heterocycles. The summed E-state index contributed by atoms with van der Waals surface area (Å²) < 4.78 is 0. The molecule has 0 amide bonds. The first-order valence-electron chi connectivity index (χ1n) is 5.98. The first-order valence-corrected chi connectivity index (χ1v) is 6.35. The molecule has 1 aliphatic rings. The molecule has 0 spiro atoms. The molecule has 0 saturated heterocycles. The molecule has 4 heteroatoms. The van der Waals surface area contributed by atoms with Crippen molar-refractivity contribution in [1.29, 1.82) is 0 Å². The maximum Gasteiger partial charge on any atom is 0.134 e. The Morgan fingerprint density at radius 1 is 0.947 bits per heavy atom. The van der Waals surface area contributed by atoms with Crippen LogP contribution in [0.1, 0.15) is 11.1 Å². The molecule has 3 rings (SSSR count). The Morgan fingerprint density at radius 2 is 1.63 bits per heavy atom. The second-order valence-electron chi connectivity index (χ2n) is 4.67. The van der Waals surface area contributed by atoms with Crippen molar-refractivity contribution in [2.24, 2.45) is 5.16 Å². The van der Waals surface area contributed by atoms with Gasteiger partial charge in [-0.05, 0) is 34.4 Å². The molecular weight excluding hydrogens is 262 g/mol. The number of hydrogen-bond donors (Lipinski definition) is 2. The molecule has 0 fully saturated rings. The zero-order valence-corrected chi connectivity index (χ0v) is 10.9. The van der Waals surface area contributed by atoms with E-state index in [1.165, 1.54) is 11.1 Å². The normalized spacial score (nSPS) is 15.7. The van der Waals surface area contributed by atoms with E-state index in [9.17, 15) is 5.11 Å². The molecule has 2 aromatic rings. The standard InChI is InChI=1S/C15H12ClNO2/c16-14-8-11(3-4-15(14)18)9-1-2-10-6-13(17-19)7-12(10)5-9/h1-5,8,18-19H,6-7H2/b17-13-. The van der Waals surface area contributed by atoms with Gasteiger partial charge in [-0.25, -0.2) is 0 Å². The molecular formula is C15H12ClNO2. The van der Waals surface area contributed by atoms with Gasteiger partial charge in [0.1, 0.15) is 5.75 Å². The lowest BCUT2D eigenvalue weighted by atomic mass is 10.0. The summed E-state index contributed by atoms with van der Waals surface area (Å²) in [7, 11) is 0. The number of aromatic hydroxyl groups is 1. The van der Waals surface area contributed by atoms with E-state index in [4.69, 9.17) is 16.8 Å². The van der Waals surface area contributed by atoms with Gasteiger partial charge in [0.2, 0.25) is 0 Å². The molecule has 96 valence electrons. The maximum absolute atomic E-state index is 9.44. The Labute approximate surface area is 115 Å². The predicted molar refractivity (Wildman–Crippen MR) is 75.2 cm³/mol. The third kappa shape index (κ3) is 2.17. The van der Waals surface area contributed by atoms with Crippen molar-refractivity contribution in [3.63, 3.8) is 0 Å². The number of hydrogen-bond acceptors (Lipinski definition) is 3. The second-order valence-corrected chi connectivity index (χ2v) is 5.08. The van der Waals surface area contributed by atoms with Crippen LogP contribution in [0.3, 0.4) is 0 Å². The van der Waals surface area contributed by atoms with E-state index in [-0.39, 0.29) is 5.75 Å². The Kier molecular flexibility index (Phi) is 2.91. The highest BCUT2D eigenvalue weighted by molar-refractivity contribution is 6.32. The Hall–Kier alpha value is -2.00. The Bertz CT molecular complexity index is 680. The van der Waals surface area contributed by atoms with Crippen LogP contribution in [-0.4, -0.2) is 16.0 Å². The first-order chi connectivity index (χ1) is 9.17. The van der Waals surface area contributed by atoms with Crippen LogP contribution in [0.25, 0.3) is 11.1 Å². The zero-order chi connectivity index (χ0) is 13.4. The van der Waals surface area contributed by atoms with Crippen molar-refractivity contribution >= 4 is 17.3 Å². The lowest BCUT2D eigenvalue weighted by molar-refractivity contribution is 0.317. The van der Waals surface area contributed by atoms with Gasteiger partial charge in [0.25, 0.3) is 0 Å². The van der Waals surface area contributed by atoms with Crippen molar-refractivity contribution in [1.82, 2.24) is 0 Å². The monoisotopic (exact) mass is 273 g/mol. The Balaban J connectivity index is 2.02. The number of halogens is 1. The van der Waals surface area contributed by atoms with E-state index >= 15 is 0 Å². The van der Waals surface area contributed by atoms with Crippen LogP contribution in [0.15, 0.2) is 41.6 Å². The lowest BCUT2D eigenvalue weighted by Gasteiger charge is -2.06. The highest BCUT2D eigenvalue weighted by Gasteiger charge is 2.17. The minimum Gasteiger partial charge on any atom is -0.506 e. The van der Waals surface area contributed by atoms with Gasteiger partial charge in [0, 0.05) is 12.8 Å². The van der Waals surface area contributed by atoms with Gasteiger partial charge in [-0.2, -0.15) is 0 Å². The van der Waals surface area contributed by atoms with Gasteiger partial charge < -0.3 is 10.3 Å². The molecule has 19 heavy (non-hydrogen) atoms. The summed E-state index contributed by atoms with van der Waals surface area (Å²) in [5.74, 6) is 0.0845. The molecule has 0 unspecified atom stereocenters. The number of oxime groups is 1. The van der Waals surface area contributed by atoms with E-state index in [1.807, 2.05) is 18.2 Å². The van der Waals surface area contributed by atoms with Crippen molar-refractivity contribution in [3.8, 4) is 16.9 Å². The summed E-state index contributed by atoms with van der Waals surface area (Å²) in [6.45, 7) is 0. The first kappa shape index (κ1) is 12.1. The molecule has 0 saturated carbocycles. The minimum absolute atomic E-state index is 0.0845. The molecule has 0 aromatic heterocycles. The van der Waals surface area contributed by atoms with Crippen LogP contribution in [0.4, 0.5) is 0 Å². The summed E-state index contributed by atoms with van der Waals surface area (Å²) >= 11 is 5.92. The molecule has 2 N–H and O–H groups in total. The molecule has 0 atom stereocenters. The van der Waals surface area contributed by atoms with E-state index in [1.54, 1.807) is 12.1 Å². The minimum atomic E-state index is 0.0845. The highest BCUT2D eigenvalue weighted by Crippen LogP contribution is 2.31. The molecule has 1 aliphatic carbocycles. The van der Waals surface area contributed by atoms with Crippen LogP contribution in [0.2, 0.25) is 5.02 Å². The third-order valence-electron chi connectivity index (χ3n) is 3.42. The zero-order valence-electron chi connectivity index (χ0n) is 10.1. The van der Waals surface area contributed by atoms with Crippen molar-refractivity contribution in [2.75, 3.05) is 0 Å². The number of benzene rings is 2. The summed E-state index contributed by atoms with van der Waals surface area (Å²) in [4.78, 5) is 0. The van der Waals surface area contributed by atoms with Crippen LogP contribution in [0.5, 0.6) is 5.75 Å². The second kappa shape index (κ2) is 4.59. The third-order valence-corrected chi connectivity index (χ3v) is 3.72. The predicted octanol–water partition coefficient (Wildman–Crippen LogP) is 3.64. The lowest BCUT2D eigenvalue weighted by Crippen LogP contribution is -1.94. The SMILES string of the molecule is O/N=C1/Cc2ccc(-c3ccc(O)c(Cl)c3)cc2C1. The summed E-state index contributed by atoms with van der Waals surface area (Å²) in [5, 5.41) is 21.9. The van der Waals surface area contributed by atoms with Gasteiger partial charge in [0.15, 0.2) is 0 Å². The number of phenolic OH excluding ortho intramolecular Hbond substituents is 1. The number of rotatable bonds is 1. The van der Waals surface area contributed by atoms with Gasteiger partial charge in [-0.15, -0.1) is 0 Å². The van der Waals surface area contributed by atoms with E-state index in [0.717, 1.165) is 16.8 Å². The number of phenols is 1. The molecule has 0 bridgehead atoms. The average molecular weight is 274 g/mol. The number of fused-ring (bicyclic) bond motifs is 1. The summed E-state index contributed by atoms with van der Waals surface area (Å²) in [5.41, 5.74) is 5.16. The fourth-order valence-electron chi connectivity index (χ4n) is 2.40. The molecule has 0 radical (unpaired) electrons. The van der Waals surface area contributed by atoms with Gasteiger partial charge in [-0.1, -0.05) is 41.0 Å². The van der Waals surface area contributed by atoms with E-state index in [2.05, 4.69) is 11.2 Å². The van der Waals surface area contributed by atoms with Crippen molar-refractivity contribution in [2.45, 2.75) is 12.8 Å². The van der Waals surface area contributed by atoms with Gasteiger partial charge in [-0.3, -0.25) is 0 Å². The van der Waals surface area contributed by atoms with Crippen LogP contribution in [0, 0.1) is 0 Å². The fraction of sp³-hybridized carbons (Fsp3) is 0.133. The van der Waals surface area contributed by atoms with Crippen molar-refractivity contribution < 1.29 is 10.3 Å². The van der Waals surface area contributed by atoms with E-state index < -0.39 is 0 Å². The fourth-order valence-corrected chi connectivity index (χ4v) is 2.58. The molecule has 2 aromatic carbocycles. The van der Waals surface area contributed by atoms with Crippen LogP contribution < -0.4 is 0 Å². The van der Waals surface area contributed by atoms with Gasteiger partial charge >= 0.3 is 0 Å². The Morgan fingerprint density at radius 3 is 2.37 bits per heavy atom. The average Bonchev–Trinajstić information content (AvgIpc) is 2.83. The van der Waals surface area contributed by atoms with Crippen LogP contribution in [-0.2, 0) is 12.8 Å². The molecule has 3 nitrogen and oxygen atoms in total. The molecule has 0 aliphatic heterocycles. The maximum atomic E-state index is 9.44. The summed E-state index contributed by atoms with van der Waals surface area (Å²) in [6.07, 6.45) is 1.40. The van der Waals surface area contributed by atoms with E-state index in [0.29, 0.717) is 17.9 Å². The summed E-state index contributed by atoms with van der Waals surface area (Å²) in [6, 6.07) is 11.3. The van der Waals surface area contributed by atoms with Crippen LogP contribution >= 0.6 is 11.6 Å². The van der Waals surface area contributed by atoms with Gasteiger partial charge in [0.05, 0.1) is 10.7 Å². The number of nitrogens with zero attached hydrogens (tertiary/aromatic N) is 1. The smallest absolute Gasteiger partial charge is 0.134 e.